The fraction of sp³-hybridized carbons (Fsp3) is 0.818. The molecule has 0 aromatic carbocycles. The molecule has 2 rings (SSSR count). The molecule has 1 aromatic rings. The van der Waals surface area contributed by atoms with Crippen LogP contribution in [-0.2, 0) is 6.42 Å². The van der Waals surface area contributed by atoms with Crippen LogP contribution in [0.15, 0.2) is 4.52 Å². The second-order valence-corrected chi connectivity index (χ2v) is 4.89. The summed E-state index contributed by atoms with van der Waals surface area (Å²) >= 11 is 0. The van der Waals surface area contributed by atoms with Gasteiger partial charge in [0.2, 0.25) is 5.89 Å². The highest BCUT2D eigenvalue weighted by Crippen LogP contribution is 2.26. The lowest BCUT2D eigenvalue weighted by Crippen LogP contribution is -2.08. The van der Waals surface area contributed by atoms with Gasteiger partial charge in [0.05, 0.1) is 5.92 Å². The summed E-state index contributed by atoms with van der Waals surface area (Å²) < 4.78 is 5.32. The van der Waals surface area contributed by atoms with Gasteiger partial charge in [-0.05, 0) is 18.4 Å². The molecule has 0 aliphatic carbocycles. The van der Waals surface area contributed by atoms with Crippen molar-refractivity contribution in [2.75, 3.05) is 13.1 Å². The van der Waals surface area contributed by atoms with Gasteiger partial charge in [-0.25, -0.2) is 0 Å². The van der Waals surface area contributed by atoms with Gasteiger partial charge in [-0.1, -0.05) is 25.9 Å². The lowest BCUT2D eigenvalue weighted by atomic mass is 9.98. The van der Waals surface area contributed by atoms with E-state index in [1.165, 1.54) is 0 Å². The van der Waals surface area contributed by atoms with Gasteiger partial charge < -0.3 is 9.84 Å². The molecule has 1 aliphatic rings. The van der Waals surface area contributed by atoms with Gasteiger partial charge in [0.1, 0.15) is 0 Å². The van der Waals surface area contributed by atoms with Crippen molar-refractivity contribution in [3.63, 3.8) is 0 Å². The molecule has 0 amide bonds. The van der Waals surface area contributed by atoms with E-state index >= 15 is 0 Å². The Balaban J connectivity index is 2.06. The Morgan fingerprint density at radius 1 is 1.47 bits per heavy atom. The zero-order valence-electron chi connectivity index (χ0n) is 9.66. The Bertz CT molecular complexity index is 321. The van der Waals surface area contributed by atoms with Crippen LogP contribution in [0.3, 0.4) is 0 Å². The summed E-state index contributed by atoms with van der Waals surface area (Å²) in [6.07, 6.45) is 0.901. The number of nitrogens with zero attached hydrogens (tertiary/aromatic N) is 2. The van der Waals surface area contributed by atoms with E-state index in [-0.39, 0.29) is 0 Å². The highest BCUT2D eigenvalue weighted by Gasteiger charge is 2.29. The molecule has 2 unspecified atom stereocenters. The van der Waals surface area contributed by atoms with Crippen LogP contribution >= 0.6 is 0 Å². The number of hydrogen-bond acceptors (Lipinski definition) is 4. The molecule has 1 aromatic heterocycles. The molecule has 84 valence electrons. The minimum absolute atomic E-state index is 0.401. The summed E-state index contributed by atoms with van der Waals surface area (Å²) in [6.45, 7) is 8.56. The third-order valence-electron chi connectivity index (χ3n) is 2.91. The van der Waals surface area contributed by atoms with E-state index in [1.807, 2.05) is 0 Å². The molecule has 2 heterocycles. The summed E-state index contributed by atoms with van der Waals surface area (Å²) in [5, 5.41) is 7.36. The van der Waals surface area contributed by atoms with Crippen molar-refractivity contribution in [2.45, 2.75) is 33.1 Å². The highest BCUT2D eigenvalue weighted by atomic mass is 16.5. The topological polar surface area (TPSA) is 51.0 Å². The van der Waals surface area contributed by atoms with E-state index in [2.05, 4.69) is 36.2 Å². The van der Waals surface area contributed by atoms with Crippen LogP contribution in [-0.4, -0.2) is 23.2 Å². The number of aromatic nitrogens is 2. The molecule has 1 fully saturated rings. The summed E-state index contributed by atoms with van der Waals surface area (Å²) in [5.41, 5.74) is 0. The van der Waals surface area contributed by atoms with Crippen molar-refractivity contribution in [1.82, 2.24) is 15.5 Å². The largest absolute Gasteiger partial charge is 0.339 e. The Kier molecular flexibility index (Phi) is 3.05. The zero-order valence-corrected chi connectivity index (χ0v) is 9.66. The van der Waals surface area contributed by atoms with Crippen LogP contribution in [0.25, 0.3) is 0 Å². The molecule has 1 saturated heterocycles. The summed E-state index contributed by atoms with van der Waals surface area (Å²) in [4.78, 5) is 4.47. The van der Waals surface area contributed by atoms with E-state index < -0.39 is 0 Å². The fourth-order valence-corrected chi connectivity index (χ4v) is 2.01. The van der Waals surface area contributed by atoms with Gasteiger partial charge in [-0.15, -0.1) is 0 Å². The molecule has 0 radical (unpaired) electrons. The molecule has 2 atom stereocenters. The van der Waals surface area contributed by atoms with Crippen LogP contribution in [0.5, 0.6) is 0 Å². The Hall–Kier alpha value is -0.900. The van der Waals surface area contributed by atoms with Gasteiger partial charge in [0.15, 0.2) is 5.82 Å². The van der Waals surface area contributed by atoms with Crippen LogP contribution in [0.4, 0.5) is 0 Å². The first kappa shape index (κ1) is 10.6. The van der Waals surface area contributed by atoms with E-state index in [4.69, 9.17) is 4.52 Å². The van der Waals surface area contributed by atoms with Gasteiger partial charge in [0, 0.05) is 13.0 Å². The highest BCUT2D eigenvalue weighted by molar-refractivity contribution is 5.01. The Morgan fingerprint density at radius 2 is 2.27 bits per heavy atom. The summed E-state index contributed by atoms with van der Waals surface area (Å²) in [5.74, 6) is 3.23. The number of hydrogen-bond donors (Lipinski definition) is 1. The minimum Gasteiger partial charge on any atom is -0.339 e. The maximum Gasteiger partial charge on any atom is 0.231 e. The molecule has 4 heteroatoms. The van der Waals surface area contributed by atoms with Crippen molar-refractivity contribution < 1.29 is 4.52 Å². The Labute approximate surface area is 90.4 Å². The molecular weight excluding hydrogens is 190 g/mol. The number of rotatable bonds is 3. The van der Waals surface area contributed by atoms with Crippen LogP contribution in [0.2, 0.25) is 0 Å². The maximum atomic E-state index is 5.32. The molecule has 0 saturated carbocycles. The Morgan fingerprint density at radius 3 is 2.87 bits per heavy atom. The molecule has 0 bridgehead atoms. The van der Waals surface area contributed by atoms with Crippen molar-refractivity contribution in [2.24, 2.45) is 11.8 Å². The fourth-order valence-electron chi connectivity index (χ4n) is 2.01. The van der Waals surface area contributed by atoms with Crippen molar-refractivity contribution in [1.29, 1.82) is 0 Å². The predicted molar refractivity (Wildman–Crippen MR) is 57.6 cm³/mol. The lowest BCUT2D eigenvalue weighted by molar-refractivity contribution is 0.335. The quantitative estimate of drug-likeness (QED) is 0.821. The molecule has 4 nitrogen and oxygen atoms in total. The van der Waals surface area contributed by atoms with Crippen LogP contribution < -0.4 is 5.32 Å². The van der Waals surface area contributed by atoms with Crippen molar-refractivity contribution in [3.8, 4) is 0 Å². The summed E-state index contributed by atoms with van der Waals surface area (Å²) in [7, 11) is 0. The predicted octanol–water partition coefficient (Wildman–Crippen LogP) is 1.59. The SMILES string of the molecule is CC(C)Cc1noc(C2CNCC2C)n1. The lowest BCUT2D eigenvalue weighted by Gasteiger charge is -2.07. The van der Waals surface area contributed by atoms with Crippen molar-refractivity contribution >= 4 is 0 Å². The molecule has 1 N–H and O–H groups in total. The average Bonchev–Trinajstić information content (AvgIpc) is 2.72. The van der Waals surface area contributed by atoms with Crippen LogP contribution in [0.1, 0.15) is 38.4 Å². The van der Waals surface area contributed by atoms with Gasteiger partial charge in [-0.2, -0.15) is 4.98 Å². The van der Waals surface area contributed by atoms with Gasteiger partial charge in [0.25, 0.3) is 0 Å². The first-order valence-electron chi connectivity index (χ1n) is 5.70. The first-order chi connectivity index (χ1) is 7.16. The maximum absolute atomic E-state index is 5.32. The van der Waals surface area contributed by atoms with Gasteiger partial charge >= 0.3 is 0 Å². The van der Waals surface area contributed by atoms with E-state index in [1.54, 1.807) is 0 Å². The normalized spacial score (nSPS) is 26.4. The molecule has 1 aliphatic heterocycles. The van der Waals surface area contributed by atoms with E-state index in [9.17, 15) is 0 Å². The second kappa shape index (κ2) is 4.31. The van der Waals surface area contributed by atoms with Gasteiger partial charge in [-0.3, -0.25) is 0 Å². The molecule has 15 heavy (non-hydrogen) atoms. The van der Waals surface area contributed by atoms with Crippen molar-refractivity contribution in [3.05, 3.63) is 11.7 Å². The molecule has 0 spiro atoms. The van der Waals surface area contributed by atoms with E-state index in [0.29, 0.717) is 17.8 Å². The second-order valence-electron chi connectivity index (χ2n) is 4.89. The summed E-state index contributed by atoms with van der Waals surface area (Å²) in [6, 6.07) is 0. The van der Waals surface area contributed by atoms with Crippen LogP contribution in [0, 0.1) is 11.8 Å². The standard InChI is InChI=1S/C11H19N3O/c1-7(2)4-10-13-11(15-14-10)9-6-12-5-8(9)3/h7-9,12H,4-6H2,1-3H3. The monoisotopic (exact) mass is 209 g/mol. The smallest absolute Gasteiger partial charge is 0.231 e. The van der Waals surface area contributed by atoms with E-state index in [0.717, 1.165) is 31.2 Å². The molecular formula is C11H19N3O. The zero-order chi connectivity index (χ0) is 10.8. The third-order valence-corrected chi connectivity index (χ3v) is 2.91. The average molecular weight is 209 g/mol. The first-order valence-corrected chi connectivity index (χ1v) is 5.70. The third kappa shape index (κ3) is 2.37. The number of nitrogens with one attached hydrogen (secondary N) is 1. The minimum atomic E-state index is 0.401.